The van der Waals surface area contributed by atoms with Crippen molar-refractivity contribution in [2.24, 2.45) is 0 Å². The van der Waals surface area contributed by atoms with Gasteiger partial charge in [0.05, 0.1) is 0 Å². The quantitative estimate of drug-likeness (QED) is 0.711. The van der Waals surface area contributed by atoms with Crippen molar-refractivity contribution in [3.63, 3.8) is 0 Å². The Morgan fingerprint density at radius 3 is 2.38 bits per heavy atom. The van der Waals surface area contributed by atoms with E-state index >= 15 is 0 Å². The molecule has 13 heavy (non-hydrogen) atoms. The second-order valence-electron chi connectivity index (χ2n) is 2.26. The third kappa shape index (κ3) is 3.29. The molecule has 0 spiro atoms. The van der Waals surface area contributed by atoms with Crippen molar-refractivity contribution in [3.05, 3.63) is 34.9 Å². The molecule has 0 unspecified atom stereocenters. The van der Waals surface area contributed by atoms with Gasteiger partial charge >= 0.3 is 35.5 Å². The number of aliphatic hydroxyl groups is 1. The molecule has 5 heteroatoms. The summed E-state index contributed by atoms with van der Waals surface area (Å²) in [7, 11) is 0. The van der Waals surface area contributed by atoms with E-state index in [1.807, 2.05) is 0 Å². The van der Waals surface area contributed by atoms with Gasteiger partial charge in [0.15, 0.2) is 6.10 Å². The fraction of sp³-hybridized carbons (Fsp3) is 0.125. The molecule has 0 bridgehead atoms. The van der Waals surface area contributed by atoms with E-state index in [0.717, 1.165) is 0 Å². The van der Waals surface area contributed by atoms with Crippen LogP contribution in [0.2, 0.25) is 5.02 Å². The molecule has 66 valence electrons. The van der Waals surface area contributed by atoms with Crippen LogP contribution in [0, 0.1) is 0 Å². The van der Waals surface area contributed by atoms with Gasteiger partial charge in [-0.05, 0) is 6.07 Å². The maximum absolute atomic E-state index is 10.3. The average molecular weight is 211 g/mol. The van der Waals surface area contributed by atoms with Gasteiger partial charge < -0.3 is 10.2 Å². The first-order valence-corrected chi connectivity index (χ1v) is 3.66. The van der Waals surface area contributed by atoms with Crippen LogP contribution in [0.5, 0.6) is 0 Å². The van der Waals surface area contributed by atoms with Crippen LogP contribution in [-0.2, 0) is 4.79 Å². The molecule has 0 amide bonds. The molecule has 0 aliphatic carbocycles. The second kappa shape index (κ2) is 5.62. The van der Waals surface area contributed by atoms with Crippen molar-refractivity contribution < 1.29 is 15.0 Å². The molecule has 0 heterocycles. The first-order chi connectivity index (χ1) is 5.63. The van der Waals surface area contributed by atoms with Gasteiger partial charge in [-0.15, -0.1) is 0 Å². The number of hydrogen-bond donors (Lipinski definition) is 2. The van der Waals surface area contributed by atoms with Gasteiger partial charge in [-0.25, -0.2) is 4.79 Å². The molecule has 2 N–H and O–H groups in total. The molecule has 1 atom stereocenters. The predicted octanol–water partition coefficient (Wildman–Crippen LogP) is 0.809. The molecule has 1 aromatic rings. The molecule has 0 radical (unpaired) electrons. The zero-order chi connectivity index (χ0) is 9.14. The van der Waals surface area contributed by atoms with Gasteiger partial charge in [0.2, 0.25) is 0 Å². The number of carboxylic acids is 1. The van der Waals surface area contributed by atoms with Gasteiger partial charge in [0.25, 0.3) is 0 Å². The zero-order valence-electron chi connectivity index (χ0n) is 6.07. The minimum atomic E-state index is -1.54. The van der Waals surface area contributed by atoms with E-state index in [1.54, 1.807) is 12.1 Å². The Bertz CT molecular complexity index is 303. The van der Waals surface area contributed by atoms with Gasteiger partial charge in [-0.3, -0.25) is 0 Å². The summed E-state index contributed by atoms with van der Waals surface area (Å²) in [6, 6.07) is 6.29. The fourth-order valence-electron chi connectivity index (χ4n) is 0.830. The average Bonchev–Trinajstić information content (AvgIpc) is 2.04. The Hall–Kier alpha value is -0.0600. The molecule has 0 saturated heterocycles. The summed E-state index contributed by atoms with van der Waals surface area (Å²) < 4.78 is 0. The first kappa shape index (κ1) is 12.9. The summed E-state index contributed by atoms with van der Waals surface area (Å²) in [4.78, 5) is 10.3. The molecule has 0 fully saturated rings. The summed E-state index contributed by atoms with van der Waals surface area (Å²) in [6.07, 6.45) is -1.54. The van der Waals surface area contributed by atoms with E-state index in [-0.39, 0.29) is 40.1 Å². The van der Waals surface area contributed by atoms with E-state index in [2.05, 4.69) is 0 Å². The first-order valence-electron chi connectivity index (χ1n) is 3.28. The topological polar surface area (TPSA) is 57.5 Å². The molecule has 1 rings (SSSR count). The summed E-state index contributed by atoms with van der Waals surface area (Å²) >= 11 is 5.64. The van der Waals surface area contributed by atoms with Gasteiger partial charge in [-0.2, -0.15) is 0 Å². The van der Waals surface area contributed by atoms with Gasteiger partial charge in [0, 0.05) is 10.6 Å². The van der Waals surface area contributed by atoms with Crippen molar-refractivity contribution >= 4 is 47.1 Å². The van der Waals surface area contributed by atoms with Crippen LogP contribution in [0.25, 0.3) is 0 Å². The number of halogens is 1. The van der Waals surface area contributed by atoms with Crippen molar-refractivity contribution in [3.8, 4) is 0 Å². The van der Waals surface area contributed by atoms with Crippen molar-refractivity contribution in [2.75, 3.05) is 0 Å². The number of hydrogen-bond acceptors (Lipinski definition) is 2. The van der Waals surface area contributed by atoms with E-state index in [4.69, 9.17) is 21.8 Å². The molecule has 0 aliphatic heterocycles. The van der Waals surface area contributed by atoms with E-state index in [0.29, 0.717) is 0 Å². The minimum absolute atomic E-state index is 0. The molecule has 0 aromatic heterocycles. The summed E-state index contributed by atoms with van der Waals surface area (Å²) in [5.41, 5.74) is 0.215. The summed E-state index contributed by atoms with van der Waals surface area (Å²) in [5.74, 6) is -1.30. The van der Waals surface area contributed by atoms with E-state index in [9.17, 15) is 4.79 Å². The zero-order valence-corrected chi connectivity index (χ0v) is 6.82. The SMILES string of the molecule is O=C(O)[C@H](O)c1ccccc1Cl.[NaH]. The Morgan fingerprint density at radius 2 is 1.92 bits per heavy atom. The second-order valence-corrected chi connectivity index (χ2v) is 2.67. The van der Waals surface area contributed by atoms with Crippen LogP contribution in [-0.4, -0.2) is 45.7 Å². The Morgan fingerprint density at radius 1 is 1.38 bits per heavy atom. The summed E-state index contributed by atoms with van der Waals surface area (Å²) in [5, 5.41) is 17.8. The van der Waals surface area contributed by atoms with Crippen molar-refractivity contribution in [1.82, 2.24) is 0 Å². The standard InChI is InChI=1S/C8H7ClO3.Na.H/c9-6-4-2-1-3-5(6)7(10)8(11)12;;/h1-4,7,10H,(H,11,12);;/t7-;;/m1../s1. The molecule has 0 saturated carbocycles. The molecule has 1 aromatic carbocycles. The van der Waals surface area contributed by atoms with Gasteiger partial charge in [-0.1, -0.05) is 29.8 Å². The van der Waals surface area contributed by atoms with Crippen molar-refractivity contribution in [1.29, 1.82) is 0 Å². The fourth-order valence-corrected chi connectivity index (χ4v) is 1.07. The van der Waals surface area contributed by atoms with Crippen LogP contribution in [0.1, 0.15) is 11.7 Å². The van der Waals surface area contributed by atoms with E-state index < -0.39 is 12.1 Å². The van der Waals surface area contributed by atoms with Crippen LogP contribution in [0.15, 0.2) is 24.3 Å². The number of benzene rings is 1. The molecular formula is C8H8ClNaO3. The van der Waals surface area contributed by atoms with Crippen LogP contribution in [0.3, 0.4) is 0 Å². The van der Waals surface area contributed by atoms with Crippen LogP contribution < -0.4 is 0 Å². The van der Waals surface area contributed by atoms with Crippen LogP contribution in [0.4, 0.5) is 0 Å². The number of rotatable bonds is 2. The maximum atomic E-state index is 10.3. The number of aliphatic hydroxyl groups excluding tert-OH is 1. The normalized spacial score (nSPS) is 11.5. The molecule has 3 nitrogen and oxygen atoms in total. The molecular weight excluding hydrogens is 203 g/mol. The van der Waals surface area contributed by atoms with Crippen molar-refractivity contribution in [2.45, 2.75) is 6.10 Å². The third-order valence-electron chi connectivity index (χ3n) is 1.43. The number of carbonyl (C=O) groups is 1. The predicted molar refractivity (Wildman–Crippen MR) is 51.2 cm³/mol. The Labute approximate surface area is 103 Å². The Balaban J connectivity index is 0.00000144. The van der Waals surface area contributed by atoms with Crippen LogP contribution >= 0.6 is 11.6 Å². The Kier molecular flexibility index (Phi) is 5.60. The number of aliphatic carboxylic acids is 1. The molecule has 0 aliphatic rings. The monoisotopic (exact) mass is 210 g/mol. The third-order valence-corrected chi connectivity index (χ3v) is 1.78. The number of carboxylic acid groups (broad SMARTS) is 1. The van der Waals surface area contributed by atoms with E-state index in [1.165, 1.54) is 12.1 Å². The van der Waals surface area contributed by atoms with Gasteiger partial charge in [0.1, 0.15) is 0 Å². The summed E-state index contributed by atoms with van der Waals surface area (Å²) in [6.45, 7) is 0.